The van der Waals surface area contributed by atoms with Gasteiger partial charge in [-0.1, -0.05) is 23.9 Å². The summed E-state index contributed by atoms with van der Waals surface area (Å²) < 4.78 is 17.5. The number of amides is 1. The number of carbonyl (C=O) groups excluding carboxylic acids is 1. The Kier molecular flexibility index (Phi) is 7.08. The van der Waals surface area contributed by atoms with Crippen LogP contribution in [0, 0.1) is 6.92 Å². The number of allylic oxidation sites excluding steroid dienone is 1. The molecule has 0 bridgehead atoms. The predicted octanol–water partition coefficient (Wildman–Crippen LogP) is 5.83. The van der Waals surface area contributed by atoms with Crippen LogP contribution in [0.15, 0.2) is 52.1 Å². The van der Waals surface area contributed by atoms with Gasteiger partial charge in [-0.3, -0.25) is 9.79 Å². The summed E-state index contributed by atoms with van der Waals surface area (Å²) in [6.07, 6.45) is 3.37. The van der Waals surface area contributed by atoms with Gasteiger partial charge in [0.15, 0.2) is 5.17 Å². The Bertz CT molecular complexity index is 1230. The number of benzene rings is 2. The number of nitrogens with one attached hydrogen (secondary N) is 1. The van der Waals surface area contributed by atoms with Crippen molar-refractivity contribution >= 4 is 39.4 Å². The Morgan fingerprint density at radius 2 is 1.97 bits per heavy atom. The number of amidine groups is 1. The van der Waals surface area contributed by atoms with Gasteiger partial charge in [-0.25, -0.2) is 0 Å². The van der Waals surface area contributed by atoms with E-state index < -0.39 is 0 Å². The number of hydrogen-bond donors (Lipinski definition) is 1. The molecule has 1 aliphatic heterocycles. The molecule has 33 heavy (non-hydrogen) atoms. The first-order chi connectivity index (χ1) is 16.0. The number of fused-ring (bicyclic) bond motifs is 1. The van der Waals surface area contributed by atoms with Crippen LogP contribution in [-0.4, -0.2) is 36.6 Å². The average molecular weight is 465 g/mol. The zero-order valence-electron chi connectivity index (χ0n) is 19.4. The van der Waals surface area contributed by atoms with Crippen molar-refractivity contribution in [3.05, 3.63) is 53.8 Å². The number of aliphatic imine (C=N–C) groups is 1. The molecule has 0 fully saturated rings. The SMILES string of the molecule is CCOc1ccc(-c2coc3c(C)c(OCC)c(/C(C)=C/C(=O)NC4=NCCS4)cc23)cc1. The van der Waals surface area contributed by atoms with Crippen LogP contribution in [-0.2, 0) is 4.79 Å². The summed E-state index contributed by atoms with van der Waals surface area (Å²) in [7, 11) is 0. The van der Waals surface area contributed by atoms with E-state index in [9.17, 15) is 4.79 Å². The van der Waals surface area contributed by atoms with E-state index in [0.29, 0.717) is 18.4 Å². The summed E-state index contributed by atoms with van der Waals surface area (Å²) in [6, 6.07) is 10.0. The smallest absolute Gasteiger partial charge is 0.250 e. The van der Waals surface area contributed by atoms with Gasteiger partial charge in [0, 0.05) is 33.9 Å². The molecule has 1 aromatic heterocycles. The molecule has 4 rings (SSSR count). The van der Waals surface area contributed by atoms with E-state index in [0.717, 1.165) is 62.6 Å². The van der Waals surface area contributed by atoms with Gasteiger partial charge in [0.05, 0.1) is 26.0 Å². The Labute approximate surface area is 198 Å². The highest BCUT2D eigenvalue weighted by Crippen LogP contribution is 2.41. The lowest BCUT2D eigenvalue weighted by atomic mass is 9.96. The van der Waals surface area contributed by atoms with Gasteiger partial charge in [-0.05, 0) is 57.0 Å². The molecule has 7 heteroatoms. The van der Waals surface area contributed by atoms with Gasteiger partial charge in [-0.2, -0.15) is 0 Å². The lowest BCUT2D eigenvalue weighted by Crippen LogP contribution is -2.25. The monoisotopic (exact) mass is 464 g/mol. The van der Waals surface area contributed by atoms with Gasteiger partial charge in [0.2, 0.25) is 5.91 Å². The first-order valence-corrected chi connectivity index (χ1v) is 12.1. The summed E-state index contributed by atoms with van der Waals surface area (Å²) in [6.45, 7) is 9.70. The Morgan fingerprint density at radius 3 is 2.64 bits per heavy atom. The maximum Gasteiger partial charge on any atom is 0.250 e. The lowest BCUT2D eigenvalue weighted by Gasteiger charge is -2.15. The molecule has 1 aliphatic rings. The van der Waals surface area contributed by atoms with E-state index in [2.05, 4.69) is 10.3 Å². The number of ether oxygens (including phenoxy) is 2. The van der Waals surface area contributed by atoms with Crippen molar-refractivity contribution in [1.82, 2.24) is 5.32 Å². The van der Waals surface area contributed by atoms with Gasteiger partial charge < -0.3 is 19.2 Å². The zero-order chi connectivity index (χ0) is 23.4. The van der Waals surface area contributed by atoms with Crippen LogP contribution in [0.1, 0.15) is 31.9 Å². The fraction of sp³-hybridized carbons (Fsp3) is 0.308. The summed E-state index contributed by atoms with van der Waals surface area (Å²) in [5, 5.41) is 4.50. The number of rotatable bonds is 7. The maximum atomic E-state index is 12.6. The minimum absolute atomic E-state index is 0.195. The minimum Gasteiger partial charge on any atom is -0.494 e. The Morgan fingerprint density at radius 1 is 1.21 bits per heavy atom. The molecule has 1 N–H and O–H groups in total. The summed E-state index contributed by atoms with van der Waals surface area (Å²) in [5.41, 5.74) is 5.37. The molecular weight excluding hydrogens is 436 g/mol. The van der Waals surface area contributed by atoms with E-state index in [1.165, 1.54) is 0 Å². The van der Waals surface area contributed by atoms with Crippen molar-refractivity contribution in [2.75, 3.05) is 25.5 Å². The molecule has 172 valence electrons. The number of thioether (sulfide) groups is 1. The van der Waals surface area contributed by atoms with Crippen LogP contribution in [0.25, 0.3) is 27.7 Å². The molecular formula is C26H28N2O4S. The fourth-order valence-electron chi connectivity index (χ4n) is 3.89. The average Bonchev–Trinajstić information content (AvgIpc) is 3.46. The van der Waals surface area contributed by atoms with Crippen LogP contribution < -0.4 is 14.8 Å². The van der Waals surface area contributed by atoms with Crippen molar-refractivity contribution in [3.8, 4) is 22.6 Å². The highest BCUT2D eigenvalue weighted by atomic mass is 32.2. The van der Waals surface area contributed by atoms with Crippen molar-refractivity contribution in [2.24, 2.45) is 4.99 Å². The normalized spacial score (nSPS) is 13.8. The van der Waals surface area contributed by atoms with Crippen molar-refractivity contribution in [3.63, 3.8) is 0 Å². The molecule has 2 aromatic carbocycles. The fourth-order valence-corrected chi connectivity index (χ4v) is 4.62. The standard InChI is InChI=1S/C26H28N2O4S/c1-5-30-19-9-7-18(8-10-19)22-15-32-25-17(4)24(31-6-2)20(14-21(22)25)16(3)13-23(29)28-26-27-11-12-33-26/h7-10,13-15H,5-6,11-12H2,1-4H3,(H,27,28,29)/b16-13+. The highest BCUT2D eigenvalue weighted by molar-refractivity contribution is 8.14. The molecule has 2 heterocycles. The van der Waals surface area contributed by atoms with Crippen LogP contribution in [0.4, 0.5) is 0 Å². The molecule has 0 saturated heterocycles. The van der Waals surface area contributed by atoms with Gasteiger partial charge in [0.1, 0.15) is 17.1 Å². The third-order valence-corrected chi connectivity index (χ3v) is 6.29. The van der Waals surface area contributed by atoms with Gasteiger partial charge in [-0.15, -0.1) is 0 Å². The summed E-state index contributed by atoms with van der Waals surface area (Å²) in [5.74, 6) is 2.27. The molecule has 0 spiro atoms. The number of carbonyl (C=O) groups is 1. The molecule has 3 aromatic rings. The van der Waals surface area contributed by atoms with Crippen LogP contribution in [0.2, 0.25) is 0 Å². The summed E-state index contributed by atoms with van der Waals surface area (Å²) in [4.78, 5) is 16.9. The van der Waals surface area contributed by atoms with Gasteiger partial charge >= 0.3 is 0 Å². The maximum absolute atomic E-state index is 12.6. The number of hydrogen-bond acceptors (Lipinski definition) is 6. The van der Waals surface area contributed by atoms with Crippen LogP contribution >= 0.6 is 11.8 Å². The van der Waals surface area contributed by atoms with Crippen LogP contribution in [0.3, 0.4) is 0 Å². The van der Waals surface area contributed by atoms with E-state index in [1.807, 2.05) is 58.0 Å². The lowest BCUT2D eigenvalue weighted by molar-refractivity contribution is -0.115. The minimum atomic E-state index is -0.195. The second-order valence-corrected chi connectivity index (χ2v) is 8.73. The number of aryl methyl sites for hydroxylation is 1. The first kappa shape index (κ1) is 23.0. The second-order valence-electron chi connectivity index (χ2n) is 7.65. The largest absolute Gasteiger partial charge is 0.494 e. The van der Waals surface area contributed by atoms with Gasteiger partial charge in [0.25, 0.3) is 0 Å². The first-order valence-electron chi connectivity index (χ1n) is 11.1. The van der Waals surface area contributed by atoms with Crippen molar-refractivity contribution in [1.29, 1.82) is 0 Å². The third-order valence-electron chi connectivity index (χ3n) is 5.40. The quantitative estimate of drug-likeness (QED) is 0.446. The molecule has 0 unspecified atom stereocenters. The van der Waals surface area contributed by atoms with Crippen LogP contribution in [0.5, 0.6) is 11.5 Å². The molecule has 0 radical (unpaired) electrons. The van der Waals surface area contributed by atoms with E-state index in [4.69, 9.17) is 13.9 Å². The molecule has 1 amide bonds. The molecule has 6 nitrogen and oxygen atoms in total. The third kappa shape index (κ3) is 4.93. The second kappa shape index (κ2) is 10.2. The van der Waals surface area contributed by atoms with Crippen molar-refractivity contribution < 1.29 is 18.7 Å². The Balaban J connectivity index is 1.76. The molecule has 0 saturated carbocycles. The van der Waals surface area contributed by atoms with Crippen molar-refractivity contribution in [2.45, 2.75) is 27.7 Å². The summed E-state index contributed by atoms with van der Waals surface area (Å²) >= 11 is 1.56. The molecule has 0 aliphatic carbocycles. The highest BCUT2D eigenvalue weighted by Gasteiger charge is 2.19. The number of furan rings is 1. The van der Waals surface area contributed by atoms with E-state index in [-0.39, 0.29) is 5.91 Å². The predicted molar refractivity (Wildman–Crippen MR) is 135 cm³/mol. The topological polar surface area (TPSA) is 73.1 Å². The number of nitrogens with zero attached hydrogens (tertiary/aromatic N) is 1. The zero-order valence-corrected chi connectivity index (χ0v) is 20.2. The Hall–Kier alpha value is -3.19. The molecule has 0 atom stereocenters. The van der Waals surface area contributed by atoms with E-state index in [1.54, 1.807) is 24.1 Å². The van der Waals surface area contributed by atoms with E-state index >= 15 is 0 Å².